The van der Waals surface area contributed by atoms with Crippen LogP contribution in [0.1, 0.15) is 23.2 Å². The number of benzene rings is 2. The van der Waals surface area contributed by atoms with Crippen LogP contribution in [0.15, 0.2) is 42.5 Å². The van der Waals surface area contributed by atoms with Gasteiger partial charge in [-0.2, -0.15) is 0 Å². The number of nitrogens with one attached hydrogen (secondary N) is 1. The number of ether oxygens (including phenoxy) is 1. The molecule has 1 fully saturated rings. The van der Waals surface area contributed by atoms with Crippen molar-refractivity contribution in [1.82, 2.24) is 0 Å². The fourth-order valence-corrected chi connectivity index (χ4v) is 2.90. The molecule has 1 saturated heterocycles. The molecule has 0 bridgehead atoms. The molecule has 0 atom stereocenters. The molecule has 0 saturated carbocycles. The number of carbonyl (C=O) groups excluding carboxylic acids is 1. The van der Waals surface area contributed by atoms with Gasteiger partial charge in [0.15, 0.2) is 0 Å². The number of nitro groups is 1. The monoisotopic (exact) mass is 341 g/mol. The van der Waals surface area contributed by atoms with Gasteiger partial charge in [-0.25, -0.2) is 0 Å². The van der Waals surface area contributed by atoms with E-state index in [1.807, 2.05) is 12.1 Å². The number of nitrogens with zero attached hydrogens (tertiary/aromatic N) is 2. The van der Waals surface area contributed by atoms with Crippen LogP contribution in [0.5, 0.6) is 5.75 Å². The van der Waals surface area contributed by atoms with Gasteiger partial charge in [0.25, 0.3) is 11.6 Å². The summed E-state index contributed by atoms with van der Waals surface area (Å²) in [5.74, 6) is 0.0272. The van der Waals surface area contributed by atoms with Crippen LogP contribution in [0.2, 0.25) is 0 Å². The van der Waals surface area contributed by atoms with Crippen molar-refractivity contribution in [3.05, 3.63) is 58.1 Å². The summed E-state index contributed by atoms with van der Waals surface area (Å²) in [4.78, 5) is 25.1. The van der Waals surface area contributed by atoms with Gasteiger partial charge in [-0.05, 0) is 43.2 Å². The smallest absolute Gasteiger partial charge is 0.271 e. The first kappa shape index (κ1) is 16.8. The van der Waals surface area contributed by atoms with Gasteiger partial charge in [0.05, 0.1) is 17.7 Å². The fraction of sp³-hybridized carbons (Fsp3) is 0.278. The minimum Gasteiger partial charge on any atom is -0.495 e. The van der Waals surface area contributed by atoms with E-state index in [1.54, 1.807) is 12.1 Å². The lowest BCUT2D eigenvalue weighted by Gasteiger charge is -2.17. The molecule has 0 aliphatic carbocycles. The maximum absolute atomic E-state index is 12.4. The predicted octanol–water partition coefficient (Wildman–Crippen LogP) is 3.46. The number of anilines is 2. The van der Waals surface area contributed by atoms with E-state index in [0.717, 1.165) is 18.8 Å². The molecule has 2 aromatic carbocycles. The first-order chi connectivity index (χ1) is 12.1. The summed E-state index contributed by atoms with van der Waals surface area (Å²) in [6, 6.07) is 11.4. The van der Waals surface area contributed by atoms with Crippen molar-refractivity contribution in [1.29, 1.82) is 0 Å². The second-order valence-corrected chi connectivity index (χ2v) is 5.84. The standard InChI is InChI=1S/C18H19N3O4/c1-25-17-9-8-15(21(23)24)12-16(17)19-18(22)13-4-6-14(7-5-13)20-10-2-3-11-20/h4-9,12H,2-3,10-11H2,1H3,(H,19,22). The molecule has 7 heteroatoms. The van der Waals surface area contributed by atoms with E-state index in [2.05, 4.69) is 10.2 Å². The van der Waals surface area contributed by atoms with Gasteiger partial charge >= 0.3 is 0 Å². The number of amides is 1. The number of non-ortho nitro benzene ring substituents is 1. The van der Waals surface area contributed by atoms with E-state index in [-0.39, 0.29) is 17.3 Å². The van der Waals surface area contributed by atoms with Crippen molar-refractivity contribution in [2.75, 3.05) is 30.4 Å². The highest BCUT2D eigenvalue weighted by atomic mass is 16.6. The Balaban J connectivity index is 1.77. The molecule has 2 aromatic rings. The van der Waals surface area contributed by atoms with Crippen molar-refractivity contribution in [3.63, 3.8) is 0 Å². The molecule has 7 nitrogen and oxygen atoms in total. The summed E-state index contributed by atoms with van der Waals surface area (Å²) >= 11 is 0. The molecule has 1 heterocycles. The van der Waals surface area contributed by atoms with Gasteiger partial charge in [-0.1, -0.05) is 0 Å². The molecule has 130 valence electrons. The average molecular weight is 341 g/mol. The highest BCUT2D eigenvalue weighted by molar-refractivity contribution is 6.05. The second kappa shape index (κ2) is 7.21. The summed E-state index contributed by atoms with van der Waals surface area (Å²) in [7, 11) is 1.45. The fourth-order valence-electron chi connectivity index (χ4n) is 2.90. The van der Waals surface area contributed by atoms with E-state index in [1.165, 1.54) is 38.2 Å². The summed E-state index contributed by atoms with van der Waals surface area (Å²) in [5, 5.41) is 13.6. The molecule has 0 unspecified atom stereocenters. The number of nitro benzene ring substituents is 1. The SMILES string of the molecule is COc1ccc([N+](=O)[O-])cc1NC(=O)c1ccc(N2CCCC2)cc1. The van der Waals surface area contributed by atoms with Gasteiger partial charge in [0.2, 0.25) is 0 Å². The predicted molar refractivity (Wildman–Crippen MR) is 95.5 cm³/mol. The van der Waals surface area contributed by atoms with Gasteiger partial charge in [0.1, 0.15) is 5.75 Å². The Morgan fingerprint density at radius 2 is 1.84 bits per heavy atom. The van der Waals surface area contributed by atoms with E-state index in [9.17, 15) is 14.9 Å². The second-order valence-electron chi connectivity index (χ2n) is 5.84. The summed E-state index contributed by atoms with van der Waals surface area (Å²) in [6.07, 6.45) is 2.38. The third-order valence-electron chi connectivity index (χ3n) is 4.24. The molecule has 1 aliphatic heterocycles. The van der Waals surface area contributed by atoms with E-state index >= 15 is 0 Å². The van der Waals surface area contributed by atoms with Crippen LogP contribution in [0.4, 0.5) is 17.1 Å². The van der Waals surface area contributed by atoms with Crippen LogP contribution in [-0.4, -0.2) is 31.0 Å². The van der Waals surface area contributed by atoms with Crippen molar-refractivity contribution >= 4 is 23.0 Å². The highest BCUT2D eigenvalue weighted by Crippen LogP contribution is 2.29. The van der Waals surface area contributed by atoms with Crippen molar-refractivity contribution in [2.45, 2.75) is 12.8 Å². The highest BCUT2D eigenvalue weighted by Gasteiger charge is 2.16. The molecule has 1 N–H and O–H groups in total. The number of methoxy groups -OCH3 is 1. The minimum atomic E-state index is -0.514. The van der Waals surface area contributed by atoms with Crippen LogP contribution in [0.3, 0.4) is 0 Å². The van der Waals surface area contributed by atoms with Crippen LogP contribution < -0.4 is 15.0 Å². The quantitative estimate of drug-likeness (QED) is 0.665. The lowest BCUT2D eigenvalue weighted by atomic mass is 10.1. The summed E-state index contributed by atoms with van der Waals surface area (Å²) in [6.45, 7) is 2.08. The zero-order valence-electron chi connectivity index (χ0n) is 13.9. The average Bonchev–Trinajstić information content (AvgIpc) is 3.16. The summed E-state index contributed by atoms with van der Waals surface area (Å²) in [5.41, 5.74) is 1.74. The van der Waals surface area contributed by atoms with Crippen LogP contribution in [-0.2, 0) is 0 Å². The molecule has 1 amide bonds. The lowest BCUT2D eigenvalue weighted by Crippen LogP contribution is -2.18. The molecule has 1 aliphatic rings. The van der Waals surface area contributed by atoms with Crippen LogP contribution in [0, 0.1) is 10.1 Å². The zero-order valence-corrected chi connectivity index (χ0v) is 13.9. The van der Waals surface area contributed by atoms with Gasteiger partial charge in [0, 0.05) is 36.5 Å². The number of hydrogen-bond acceptors (Lipinski definition) is 5. The minimum absolute atomic E-state index is 0.111. The first-order valence-electron chi connectivity index (χ1n) is 8.07. The Kier molecular flexibility index (Phi) is 4.83. The summed E-state index contributed by atoms with van der Waals surface area (Å²) < 4.78 is 5.16. The Morgan fingerprint density at radius 3 is 2.44 bits per heavy atom. The molecular formula is C18H19N3O4. The van der Waals surface area contributed by atoms with E-state index in [0.29, 0.717) is 11.3 Å². The van der Waals surface area contributed by atoms with Gasteiger partial charge in [-0.3, -0.25) is 14.9 Å². The van der Waals surface area contributed by atoms with Crippen LogP contribution >= 0.6 is 0 Å². The lowest BCUT2D eigenvalue weighted by molar-refractivity contribution is -0.384. The van der Waals surface area contributed by atoms with Crippen LogP contribution in [0.25, 0.3) is 0 Å². The van der Waals surface area contributed by atoms with Gasteiger partial charge < -0.3 is 15.0 Å². The number of carbonyl (C=O) groups is 1. The largest absolute Gasteiger partial charge is 0.495 e. The number of rotatable bonds is 5. The molecular weight excluding hydrogens is 322 g/mol. The Bertz CT molecular complexity index is 783. The topological polar surface area (TPSA) is 84.7 Å². The molecule has 25 heavy (non-hydrogen) atoms. The normalized spacial score (nSPS) is 13.6. The van der Waals surface area contributed by atoms with Crippen molar-refractivity contribution in [2.24, 2.45) is 0 Å². The van der Waals surface area contributed by atoms with Crippen molar-refractivity contribution in [3.8, 4) is 5.75 Å². The van der Waals surface area contributed by atoms with E-state index < -0.39 is 4.92 Å². The van der Waals surface area contributed by atoms with Crippen molar-refractivity contribution < 1.29 is 14.5 Å². The number of hydrogen-bond donors (Lipinski definition) is 1. The molecule has 0 radical (unpaired) electrons. The third kappa shape index (κ3) is 3.71. The van der Waals surface area contributed by atoms with Gasteiger partial charge in [-0.15, -0.1) is 0 Å². The van der Waals surface area contributed by atoms with E-state index in [4.69, 9.17) is 4.74 Å². The Morgan fingerprint density at radius 1 is 1.16 bits per heavy atom. The zero-order chi connectivity index (χ0) is 17.8. The molecule has 0 spiro atoms. The molecule has 0 aromatic heterocycles. The maximum Gasteiger partial charge on any atom is 0.271 e. The first-order valence-corrected chi connectivity index (χ1v) is 8.07. The third-order valence-corrected chi connectivity index (χ3v) is 4.24. The molecule has 3 rings (SSSR count). The maximum atomic E-state index is 12.4. The Labute approximate surface area is 145 Å². The Hall–Kier alpha value is -3.09.